The number of ether oxygens (including phenoxy) is 2. The largest absolute Gasteiger partial charge is 0.490 e. The summed E-state index contributed by atoms with van der Waals surface area (Å²) < 4.78 is 11.6. The smallest absolute Gasteiger partial charge is 0.135 e. The molecule has 0 bridgehead atoms. The second-order valence-electron chi connectivity index (χ2n) is 5.35. The molecule has 1 fully saturated rings. The zero-order chi connectivity index (χ0) is 15.1. The lowest BCUT2D eigenvalue weighted by molar-refractivity contribution is -0.0564. The molecule has 1 atom stereocenters. The Hall–Kier alpha value is -1.54. The van der Waals surface area contributed by atoms with E-state index in [0.29, 0.717) is 12.6 Å². The lowest BCUT2D eigenvalue weighted by Gasteiger charge is -2.35. The third-order valence-electron chi connectivity index (χ3n) is 3.51. The van der Waals surface area contributed by atoms with Crippen LogP contribution >= 0.6 is 0 Å². The molecule has 0 radical (unpaired) electrons. The van der Waals surface area contributed by atoms with Crippen molar-refractivity contribution in [3.05, 3.63) is 29.8 Å². The predicted molar refractivity (Wildman–Crippen MR) is 82.3 cm³/mol. The number of nitrogens with zero attached hydrogens (tertiary/aromatic N) is 1. The van der Waals surface area contributed by atoms with E-state index < -0.39 is 0 Å². The maximum atomic E-state index is 8.79. The monoisotopic (exact) mass is 289 g/mol. The molecule has 1 aliphatic rings. The number of hydrogen-bond donors (Lipinski definition) is 1. The van der Waals surface area contributed by atoms with Gasteiger partial charge in [-0.2, -0.15) is 0 Å². The number of rotatable bonds is 4. The first-order valence-electron chi connectivity index (χ1n) is 7.38. The zero-order valence-electron chi connectivity index (χ0n) is 12.7. The van der Waals surface area contributed by atoms with Crippen LogP contribution in [0.4, 0.5) is 0 Å². The van der Waals surface area contributed by atoms with Gasteiger partial charge in [0.15, 0.2) is 0 Å². The van der Waals surface area contributed by atoms with Crippen molar-refractivity contribution in [3.8, 4) is 17.6 Å². The Kier molecular flexibility index (Phi) is 6.06. The van der Waals surface area contributed by atoms with E-state index in [0.717, 1.165) is 31.0 Å². The van der Waals surface area contributed by atoms with E-state index in [2.05, 4.69) is 30.6 Å². The average molecular weight is 289 g/mol. The standard InChI is InChI=1S/C17H23NO3/c1-14(2)18-9-11-20-16(12-18)13-21-17-8-4-3-6-15(17)7-5-10-19/h3-4,6,8,14,16,19H,9-13H2,1-2H3. The fourth-order valence-electron chi connectivity index (χ4n) is 2.33. The van der Waals surface area contributed by atoms with Crippen LogP contribution in [0.5, 0.6) is 5.75 Å². The summed E-state index contributed by atoms with van der Waals surface area (Å²) in [7, 11) is 0. The first-order valence-corrected chi connectivity index (χ1v) is 7.38. The lowest BCUT2D eigenvalue weighted by Crippen LogP contribution is -2.47. The van der Waals surface area contributed by atoms with Gasteiger partial charge in [0.25, 0.3) is 0 Å². The van der Waals surface area contributed by atoms with Crippen molar-refractivity contribution in [2.75, 3.05) is 32.9 Å². The Morgan fingerprint density at radius 1 is 1.43 bits per heavy atom. The molecular formula is C17H23NO3. The van der Waals surface area contributed by atoms with E-state index in [4.69, 9.17) is 14.6 Å². The number of benzene rings is 1. The second-order valence-corrected chi connectivity index (χ2v) is 5.35. The molecule has 1 heterocycles. The summed E-state index contributed by atoms with van der Waals surface area (Å²) in [6.45, 7) is 7.38. The second kappa shape index (κ2) is 8.04. The van der Waals surface area contributed by atoms with Crippen molar-refractivity contribution >= 4 is 0 Å². The van der Waals surface area contributed by atoms with Gasteiger partial charge in [-0.3, -0.25) is 4.90 Å². The summed E-state index contributed by atoms with van der Waals surface area (Å²) in [5.74, 6) is 6.29. The molecule has 21 heavy (non-hydrogen) atoms. The first-order chi connectivity index (χ1) is 10.2. The minimum atomic E-state index is -0.149. The van der Waals surface area contributed by atoms with E-state index in [1.54, 1.807) is 0 Å². The average Bonchev–Trinajstić information content (AvgIpc) is 2.52. The molecule has 1 unspecified atom stereocenters. The molecule has 4 heteroatoms. The topological polar surface area (TPSA) is 41.9 Å². The summed E-state index contributed by atoms with van der Waals surface area (Å²) in [6.07, 6.45) is 0.0833. The van der Waals surface area contributed by atoms with Gasteiger partial charge in [0.1, 0.15) is 25.1 Å². The van der Waals surface area contributed by atoms with Crippen LogP contribution in [0.3, 0.4) is 0 Å². The van der Waals surface area contributed by atoms with E-state index >= 15 is 0 Å². The summed E-state index contributed by atoms with van der Waals surface area (Å²) in [6, 6.07) is 8.14. The van der Waals surface area contributed by atoms with Crippen LogP contribution in [-0.2, 0) is 4.74 Å². The highest BCUT2D eigenvalue weighted by molar-refractivity contribution is 5.45. The number of aliphatic hydroxyl groups is 1. The molecule has 4 nitrogen and oxygen atoms in total. The number of morpholine rings is 1. The molecule has 1 aromatic carbocycles. The highest BCUT2D eigenvalue weighted by Gasteiger charge is 2.22. The van der Waals surface area contributed by atoms with Crippen molar-refractivity contribution in [3.63, 3.8) is 0 Å². The van der Waals surface area contributed by atoms with E-state index in [9.17, 15) is 0 Å². The van der Waals surface area contributed by atoms with Gasteiger partial charge in [0, 0.05) is 19.1 Å². The predicted octanol–water partition coefficient (Wildman–Crippen LogP) is 1.52. The third-order valence-corrected chi connectivity index (χ3v) is 3.51. The van der Waals surface area contributed by atoms with E-state index in [1.165, 1.54) is 0 Å². The molecule has 0 saturated carbocycles. The lowest BCUT2D eigenvalue weighted by atomic mass is 10.2. The summed E-state index contributed by atoms with van der Waals surface area (Å²) >= 11 is 0. The Morgan fingerprint density at radius 2 is 2.24 bits per heavy atom. The Morgan fingerprint density at radius 3 is 3.00 bits per heavy atom. The summed E-state index contributed by atoms with van der Waals surface area (Å²) in [5, 5.41) is 8.79. The molecule has 1 aliphatic heterocycles. The van der Waals surface area contributed by atoms with Gasteiger partial charge in [-0.1, -0.05) is 24.0 Å². The van der Waals surface area contributed by atoms with E-state index in [-0.39, 0.29) is 12.7 Å². The maximum Gasteiger partial charge on any atom is 0.135 e. The van der Waals surface area contributed by atoms with Crippen molar-refractivity contribution in [1.29, 1.82) is 0 Å². The van der Waals surface area contributed by atoms with Crippen LogP contribution in [-0.4, -0.2) is 55.1 Å². The van der Waals surface area contributed by atoms with Gasteiger partial charge in [-0.25, -0.2) is 0 Å². The van der Waals surface area contributed by atoms with Crippen LogP contribution in [0, 0.1) is 11.8 Å². The minimum Gasteiger partial charge on any atom is -0.490 e. The van der Waals surface area contributed by atoms with Gasteiger partial charge >= 0.3 is 0 Å². The fraction of sp³-hybridized carbons (Fsp3) is 0.529. The van der Waals surface area contributed by atoms with Crippen molar-refractivity contribution < 1.29 is 14.6 Å². The normalized spacial score (nSPS) is 19.1. The molecule has 0 amide bonds. The van der Waals surface area contributed by atoms with E-state index in [1.807, 2.05) is 24.3 Å². The first kappa shape index (κ1) is 15.8. The highest BCUT2D eigenvalue weighted by Crippen LogP contribution is 2.18. The van der Waals surface area contributed by atoms with Crippen molar-refractivity contribution in [2.24, 2.45) is 0 Å². The van der Waals surface area contributed by atoms with Gasteiger partial charge < -0.3 is 14.6 Å². The number of hydrogen-bond acceptors (Lipinski definition) is 4. The van der Waals surface area contributed by atoms with Crippen LogP contribution < -0.4 is 4.74 Å². The van der Waals surface area contributed by atoms with Crippen LogP contribution in [0.25, 0.3) is 0 Å². The molecule has 114 valence electrons. The quantitative estimate of drug-likeness (QED) is 0.853. The molecule has 1 aromatic rings. The van der Waals surface area contributed by atoms with Crippen molar-refractivity contribution in [2.45, 2.75) is 26.0 Å². The van der Waals surface area contributed by atoms with Gasteiger partial charge in [0.2, 0.25) is 0 Å². The minimum absolute atomic E-state index is 0.0833. The molecule has 2 rings (SSSR count). The van der Waals surface area contributed by atoms with Crippen molar-refractivity contribution in [1.82, 2.24) is 4.90 Å². The molecular weight excluding hydrogens is 266 g/mol. The zero-order valence-corrected chi connectivity index (χ0v) is 12.7. The molecule has 0 aromatic heterocycles. The maximum absolute atomic E-state index is 8.79. The number of aliphatic hydroxyl groups excluding tert-OH is 1. The third kappa shape index (κ3) is 4.75. The Bertz CT molecular complexity index is 504. The number of para-hydroxylation sites is 1. The van der Waals surface area contributed by atoms with Gasteiger partial charge in [-0.15, -0.1) is 0 Å². The Balaban J connectivity index is 1.94. The SMILES string of the molecule is CC(C)N1CCOC(COc2ccccc2C#CCO)C1. The summed E-state index contributed by atoms with van der Waals surface area (Å²) in [5.41, 5.74) is 0.795. The van der Waals surface area contributed by atoms with Crippen LogP contribution in [0.15, 0.2) is 24.3 Å². The highest BCUT2D eigenvalue weighted by atomic mass is 16.5. The van der Waals surface area contributed by atoms with Gasteiger partial charge in [0.05, 0.1) is 12.2 Å². The Labute approximate surface area is 126 Å². The molecule has 0 aliphatic carbocycles. The van der Waals surface area contributed by atoms with Gasteiger partial charge in [-0.05, 0) is 26.0 Å². The van der Waals surface area contributed by atoms with Crippen LogP contribution in [0.2, 0.25) is 0 Å². The van der Waals surface area contributed by atoms with Crippen LogP contribution in [0.1, 0.15) is 19.4 Å². The molecule has 0 spiro atoms. The molecule has 1 saturated heterocycles. The fourth-order valence-corrected chi connectivity index (χ4v) is 2.33. The molecule has 1 N–H and O–H groups in total. The summed E-state index contributed by atoms with van der Waals surface area (Å²) in [4.78, 5) is 2.40.